The summed E-state index contributed by atoms with van der Waals surface area (Å²) in [6, 6.07) is 20.9. The summed E-state index contributed by atoms with van der Waals surface area (Å²) in [5, 5.41) is 3.25. The molecule has 1 fully saturated rings. The van der Waals surface area contributed by atoms with Crippen molar-refractivity contribution in [2.75, 3.05) is 6.61 Å². The Balaban J connectivity index is 1.52. The van der Waals surface area contributed by atoms with E-state index in [-0.39, 0.29) is 18.1 Å². The molecule has 2 aromatic rings. The fraction of sp³-hybridized carbons (Fsp3) is 0.435. The van der Waals surface area contributed by atoms with Crippen LogP contribution in [-0.4, -0.2) is 18.6 Å². The van der Waals surface area contributed by atoms with Crippen molar-refractivity contribution in [3.05, 3.63) is 71.8 Å². The molecule has 1 heterocycles. The van der Waals surface area contributed by atoms with Gasteiger partial charge in [-0.25, -0.2) is 0 Å². The van der Waals surface area contributed by atoms with E-state index in [1.165, 1.54) is 11.1 Å². The molecule has 1 aliphatic heterocycles. The van der Waals surface area contributed by atoms with Crippen LogP contribution in [0, 0.1) is 0 Å². The predicted octanol–water partition coefficient (Wildman–Crippen LogP) is 4.83. The first-order chi connectivity index (χ1) is 12.8. The summed E-state index contributed by atoms with van der Waals surface area (Å²) < 4.78 is 5.63. The van der Waals surface area contributed by atoms with E-state index in [2.05, 4.69) is 41.7 Å². The molecule has 26 heavy (non-hydrogen) atoms. The summed E-state index contributed by atoms with van der Waals surface area (Å²) in [5.74, 6) is 0.133. The Morgan fingerprint density at radius 2 is 1.81 bits per heavy atom. The van der Waals surface area contributed by atoms with Crippen LogP contribution in [0.15, 0.2) is 60.7 Å². The highest BCUT2D eigenvalue weighted by molar-refractivity contribution is 5.76. The van der Waals surface area contributed by atoms with Crippen molar-refractivity contribution < 1.29 is 9.53 Å². The average Bonchev–Trinajstić information content (AvgIpc) is 3.21. The molecule has 3 rings (SSSR count). The Labute approximate surface area is 156 Å². The number of nitrogens with one attached hydrogen (secondary N) is 1. The van der Waals surface area contributed by atoms with Gasteiger partial charge in [-0.2, -0.15) is 0 Å². The van der Waals surface area contributed by atoms with Crippen LogP contribution in [0.2, 0.25) is 0 Å². The molecule has 2 atom stereocenters. The van der Waals surface area contributed by atoms with Crippen molar-refractivity contribution in [2.24, 2.45) is 0 Å². The maximum atomic E-state index is 12.4. The quantitative estimate of drug-likeness (QED) is 0.703. The largest absolute Gasteiger partial charge is 0.378 e. The van der Waals surface area contributed by atoms with Crippen molar-refractivity contribution >= 4 is 5.91 Å². The lowest BCUT2D eigenvalue weighted by Gasteiger charge is -2.20. The van der Waals surface area contributed by atoms with E-state index < -0.39 is 0 Å². The highest BCUT2D eigenvalue weighted by atomic mass is 16.5. The highest BCUT2D eigenvalue weighted by Crippen LogP contribution is 2.21. The Morgan fingerprint density at radius 3 is 2.50 bits per heavy atom. The number of aryl methyl sites for hydroxylation is 1. The first kappa shape index (κ1) is 18.7. The van der Waals surface area contributed by atoms with Crippen molar-refractivity contribution in [1.29, 1.82) is 0 Å². The van der Waals surface area contributed by atoms with Gasteiger partial charge in [0.1, 0.15) is 0 Å². The van der Waals surface area contributed by atoms with Gasteiger partial charge in [0, 0.05) is 13.0 Å². The smallest absolute Gasteiger partial charge is 0.220 e. The minimum Gasteiger partial charge on any atom is -0.378 e. The molecule has 0 aromatic heterocycles. The molecule has 0 saturated carbocycles. The molecule has 1 amide bonds. The summed E-state index contributed by atoms with van der Waals surface area (Å²) in [4.78, 5) is 12.4. The number of hydrogen-bond donors (Lipinski definition) is 1. The van der Waals surface area contributed by atoms with Crippen LogP contribution in [0.3, 0.4) is 0 Å². The third-order valence-electron chi connectivity index (χ3n) is 5.06. The van der Waals surface area contributed by atoms with Gasteiger partial charge >= 0.3 is 0 Å². The second-order valence-electron chi connectivity index (χ2n) is 7.08. The van der Waals surface area contributed by atoms with Crippen molar-refractivity contribution in [3.8, 4) is 0 Å². The maximum absolute atomic E-state index is 12.4. The van der Waals surface area contributed by atoms with Gasteiger partial charge in [-0.15, -0.1) is 0 Å². The normalized spacial score (nSPS) is 17.8. The molecule has 1 aliphatic rings. The van der Waals surface area contributed by atoms with Crippen LogP contribution in [-0.2, 0) is 16.0 Å². The zero-order chi connectivity index (χ0) is 18.0. The van der Waals surface area contributed by atoms with Crippen LogP contribution in [0.25, 0.3) is 0 Å². The van der Waals surface area contributed by atoms with Gasteiger partial charge in [0.05, 0.1) is 12.1 Å². The Kier molecular flexibility index (Phi) is 7.26. The van der Waals surface area contributed by atoms with Crippen molar-refractivity contribution in [3.63, 3.8) is 0 Å². The van der Waals surface area contributed by atoms with Crippen LogP contribution < -0.4 is 5.32 Å². The topological polar surface area (TPSA) is 38.3 Å². The van der Waals surface area contributed by atoms with E-state index in [0.717, 1.165) is 45.1 Å². The monoisotopic (exact) mass is 351 g/mol. The van der Waals surface area contributed by atoms with E-state index in [9.17, 15) is 4.79 Å². The van der Waals surface area contributed by atoms with Gasteiger partial charge < -0.3 is 10.1 Å². The fourth-order valence-corrected chi connectivity index (χ4v) is 3.59. The zero-order valence-electron chi connectivity index (χ0n) is 15.4. The van der Waals surface area contributed by atoms with E-state index in [4.69, 9.17) is 4.74 Å². The van der Waals surface area contributed by atoms with Crippen LogP contribution >= 0.6 is 0 Å². The second-order valence-corrected chi connectivity index (χ2v) is 7.08. The summed E-state index contributed by atoms with van der Waals surface area (Å²) in [7, 11) is 0. The third-order valence-corrected chi connectivity index (χ3v) is 5.06. The molecule has 2 aromatic carbocycles. The van der Waals surface area contributed by atoms with Gasteiger partial charge in [0.15, 0.2) is 0 Å². The molecule has 138 valence electrons. The minimum atomic E-state index is 0.0805. The van der Waals surface area contributed by atoms with Crippen molar-refractivity contribution in [1.82, 2.24) is 5.32 Å². The maximum Gasteiger partial charge on any atom is 0.220 e. The SMILES string of the molecule is O=C(CC[C@H]1CCCO1)N[C@H](CCCc1ccccc1)c1ccccc1. The number of hydrogen-bond acceptors (Lipinski definition) is 2. The first-order valence-electron chi connectivity index (χ1n) is 9.81. The number of carbonyl (C=O) groups is 1. The number of benzene rings is 2. The summed E-state index contributed by atoms with van der Waals surface area (Å²) in [5.41, 5.74) is 2.54. The van der Waals surface area contributed by atoms with Gasteiger partial charge in [0.25, 0.3) is 0 Å². The van der Waals surface area contributed by atoms with Gasteiger partial charge in [-0.3, -0.25) is 4.79 Å². The number of amides is 1. The lowest BCUT2D eigenvalue weighted by atomic mass is 9.98. The Bertz CT molecular complexity index is 650. The minimum absolute atomic E-state index is 0.0805. The fourth-order valence-electron chi connectivity index (χ4n) is 3.59. The van der Waals surface area contributed by atoms with Crippen LogP contribution in [0.4, 0.5) is 0 Å². The van der Waals surface area contributed by atoms with Crippen LogP contribution in [0.5, 0.6) is 0 Å². The molecule has 0 aliphatic carbocycles. The third kappa shape index (κ3) is 5.99. The number of ether oxygens (including phenoxy) is 1. The number of rotatable bonds is 9. The standard InChI is InChI=1S/C23H29NO2/c25-23(17-16-21-14-8-18-26-21)24-22(20-12-5-2-6-13-20)15-7-11-19-9-3-1-4-10-19/h1-6,9-10,12-13,21-22H,7-8,11,14-18H2,(H,24,25)/t21-,22-/m1/s1. The molecular weight excluding hydrogens is 322 g/mol. The lowest BCUT2D eigenvalue weighted by Crippen LogP contribution is -2.29. The molecule has 0 bridgehead atoms. The summed E-state index contributed by atoms with van der Waals surface area (Å²) in [6.07, 6.45) is 6.90. The first-order valence-corrected chi connectivity index (χ1v) is 9.81. The summed E-state index contributed by atoms with van der Waals surface area (Å²) >= 11 is 0. The van der Waals surface area contributed by atoms with E-state index >= 15 is 0 Å². The molecule has 3 heteroatoms. The highest BCUT2D eigenvalue weighted by Gasteiger charge is 2.19. The van der Waals surface area contributed by atoms with E-state index in [1.54, 1.807) is 0 Å². The van der Waals surface area contributed by atoms with Gasteiger partial charge in [0.2, 0.25) is 5.91 Å². The molecule has 0 radical (unpaired) electrons. The molecule has 1 saturated heterocycles. The summed E-state index contributed by atoms with van der Waals surface area (Å²) in [6.45, 7) is 0.846. The van der Waals surface area contributed by atoms with Crippen LogP contribution in [0.1, 0.15) is 55.7 Å². The molecular formula is C23H29NO2. The molecule has 1 N–H and O–H groups in total. The Hall–Kier alpha value is -2.13. The number of carbonyl (C=O) groups excluding carboxylic acids is 1. The Morgan fingerprint density at radius 1 is 1.08 bits per heavy atom. The van der Waals surface area contributed by atoms with E-state index in [0.29, 0.717) is 6.42 Å². The second kappa shape index (κ2) is 10.1. The van der Waals surface area contributed by atoms with Crippen molar-refractivity contribution in [2.45, 2.75) is 57.1 Å². The molecule has 3 nitrogen and oxygen atoms in total. The molecule has 0 spiro atoms. The zero-order valence-corrected chi connectivity index (χ0v) is 15.4. The van der Waals surface area contributed by atoms with Gasteiger partial charge in [-0.05, 0) is 49.7 Å². The van der Waals surface area contributed by atoms with Gasteiger partial charge in [-0.1, -0.05) is 60.7 Å². The van der Waals surface area contributed by atoms with E-state index in [1.807, 2.05) is 24.3 Å². The average molecular weight is 351 g/mol. The lowest BCUT2D eigenvalue weighted by molar-refractivity contribution is -0.122. The predicted molar refractivity (Wildman–Crippen MR) is 105 cm³/mol. The molecule has 0 unspecified atom stereocenters.